The zero-order valence-electron chi connectivity index (χ0n) is 14.0. The molecule has 0 aliphatic heterocycles. The van der Waals surface area contributed by atoms with Gasteiger partial charge in [0, 0.05) is 22.5 Å². The van der Waals surface area contributed by atoms with Crippen molar-refractivity contribution in [2.45, 2.75) is 77.0 Å². The van der Waals surface area contributed by atoms with E-state index in [1.165, 1.54) is 75.1 Å². The quantitative estimate of drug-likeness (QED) is 0.632. The lowest BCUT2D eigenvalue weighted by Crippen LogP contribution is -2.29. The highest BCUT2D eigenvalue weighted by atomic mass is 14.7. The van der Waals surface area contributed by atoms with Gasteiger partial charge in [-0.25, -0.2) is 0 Å². The Morgan fingerprint density at radius 1 is 0.955 bits per heavy atom. The molecule has 118 valence electrons. The summed E-state index contributed by atoms with van der Waals surface area (Å²) in [7, 11) is 0. The zero-order chi connectivity index (χ0) is 15.0. The predicted octanol–water partition coefficient (Wildman–Crippen LogP) is 6.34. The van der Waals surface area contributed by atoms with Crippen LogP contribution in [0.2, 0.25) is 0 Å². The van der Waals surface area contributed by atoms with Crippen molar-refractivity contribution in [3.05, 3.63) is 35.5 Å². The minimum Gasteiger partial charge on any atom is -0.358 e. The van der Waals surface area contributed by atoms with E-state index in [0.717, 1.165) is 5.92 Å². The zero-order valence-corrected chi connectivity index (χ0v) is 14.0. The van der Waals surface area contributed by atoms with Crippen molar-refractivity contribution < 1.29 is 0 Å². The Morgan fingerprint density at radius 2 is 1.68 bits per heavy atom. The topological polar surface area (TPSA) is 15.8 Å². The fourth-order valence-electron chi connectivity index (χ4n) is 5.17. The van der Waals surface area contributed by atoms with Crippen LogP contribution in [0, 0.1) is 5.41 Å². The molecule has 0 bridgehead atoms. The van der Waals surface area contributed by atoms with Crippen LogP contribution < -0.4 is 0 Å². The van der Waals surface area contributed by atoms with Gasteiger partial charge in [-0.15, -0.1) is 0 Å². The first-order chi connectivity index (χ1) is 10.8. The molecular weight excluding hydrogens is 266 g/mol. The van der Waals surface area contributed by atoms with Crippen LogP contribution in [0.5, 0.6) is 0 Å². The Morgan fingerprint density at radius 3 is 2.50 bits per heavy atom. The second kappa shape index (κ2) is 5.76. The van der Waals surface area contributed by atoms with E-state index < -0.39 is 0 Å². The maximum atomic E-state index is 3.82. The van der Waals surface area contributed by atoms with Gasteiger partial charge in [0.25, 0.3) is 0 Å². The first-order valence-corrected chi connectivity index (χ1v) is 9.37. The average molecular weight is 295 g/mol. The lowest BCUT2D eigenvalue weighted by Gasteiger charge is -2.41. The molecule has 2 aromatic rings. The molecule has 1 heteroatoms. The van der Waals surface area contributed by atoms with Gasteiger partial charge in [-0.3, -0.25) is 0 Å². The van der Waals surface area contributed by atoms with Crippen molar-refractivity contribution in [1.29, 1.82) is 0 Å². The summed E-state index contributed by atoms with van der Waals surface area (Å²) in [5.41, 5.74) is 5.09. The molecule has 1 heterocycles. The molecule has 1 unspecified atom stereocenters. The smallest absolute Gasteiger partial charge is 0.0459 e. The van der Waals surface area contributed by atoms with Gasteiger partial charge in [-0.05, 0) is 49.1 Å². The van der Waals surface area contributed by atoms with E-state index in [-0.39, 0.29) is 0 Å². The van der Waals surface area contributed by atoms with Crippen molar-refractivity contribution in [2.24, 2.45) is 5.41 Å². The summed E-state index contributed by atoms with van der Waals surface area (Å²) < 4.78 is 0. The third-order valence-corrected chi connectivity index (χ3v) is 6.45. The highest BCUT2D eigenvalue weighted by Gasteiger charge is 2.38. The van der Waals surface area contributed by atoms with Gasteiger partial charge >= 0.3 is 0 Å². The van der Waals surface area contributed by atoms with Crippen LogP contribution in [0.15, 0.2) is 24.3 Å². The number of hydrogen-bond donors (Lipinski definition) is 1. The van der Waals surface area contributed by atoms with Crippen molar-refractivity contribution in [2.75, 3.05) is 0 Å². The van der Waals surface area contributed by atoms with Crippen LogP contribution in [0.1, 0.15) is 81.9 Å². The first kappa shape index (κ1) is 14.4. The summed E-state index contributed by atoms with van der Waals surface area (Å²) in [5.74, 6) is 0.752. The number of aromatic amines is 1. The van der Waals surface area contributed by atoms with E-state index in [9.17, 15) is 0 Å². The van der Waals surface area contributed by atoms with Crippen molar-refractivity contribution >= 4 is 10.9 Å². The van der Waals surface area contributed by atoms with E-state index >= 15 is 0 Å². The Labute approximate surface area is 134 Å². The van der Waals surface area contributed by atoms with E-state index in [0.29, 0.717) is 5.41 Å². The van der Waals surface area contributed by atoms with Crippen LogP contribution in [0.4, 0.5) is 0 Å². The highest BCUT2D eigenvalue weighted by Crippen LogP contribution is 2.51. The molecule has 1 nitrogen and oxygen atoms in total. The maximum Gasteiger partial charge on any atom is 0.0459 e. The second-order valence-electron chi connectivity index (χ2n) is 7.93. The standard InChI is InChI=1S/C21H29N/c1-21(14-7-3-2-4-8-15-21)18-12-9-11-17-16-10-5-6-13-19(16)22-20(17)18/h5-6,10,13,18,22H,2-4,7-9,11-12,14-15H2,1H3. The van der Waals surface area contributed by atoms with Gasteiger partial charge in [0.05, 0.1) is 0 Å². The number of para-hydroxylation sites is 1. The number of hydrogen-bond acceptors (Lipinski definition) is 0. The number of rotatable bonds is 1. The summed E-state index contributed by atoms with van der Waals surface area (Å²) in [5, 5.41) is 1.48. The molecule has 0 amide bonds. The molecule has 1 saturated carbocycles. The Hall–Kier alpha value is -1.24. The average Bonchev–Trinajstić information content (AvgIpc) is 2.90. The number of H-pyrrole nitrogens is 1. The van der Waals surface area contributed by atoms with Gasteiger partial charge in [-0.1, -0.05) is 57.2 Å². The molecule has 2 aliphatic rings. The molecule has 1 aromatic heterocycles. The van der Waals surface area contributed by atoms with Crippen LogP contribution in [-0.4, -0.2) is 4.98 Å². The first-order valence-electron chi connectivity index (χ1n) is 9.37. The third kappa shape index (κ3) is 2.39. The molecule has 4 rings (SSSR count). The minimum atomic E-state index is 0.510. The van der Waals surface area contributed by atoms with Gasteiger partial charge in [0.15, 0.2) is 0 Å². The molecule has 22 heavy (non-hydrogen) atoms. The van der Waals surface area contributed by atoms with E-state index in [1.54, 1.807) is 11.3 Å². The number of nitrogens with one attached hydrogen (secondary N) is 1. The van der Waals surface area contributed by atoms with Crippen LogP contribution in [0.25, 0.3) is 10.9 Å². The molecular formula is C21H29N. The Bertz CT molecular complexity index is 643. The number of fused-ring (bicyclic) bond motifs is 3. The van der Waals surface area contributed by atoms with E-state index in [1.807, 2.05) is 0 Å². The molecule has 1 atom stereocenters. The molecule has 2 aliphatic carbocycles. The summed E-state index contributed by atoms with van der Waals surface area (Å²) in [6, 6.07) is 8.92. The number of aromatic nitrogens is 1. The lowest BCUT2D eigenvalue weighted by atomic mass is 9.64. The van der Waals surface area contributed by atoms with E-state index in [2.05, 4.69) is 36.2 Å². The van der Waals surface area contributed by atoms with Crippen molar-refractivity contribution in [3.8, 4) is 0 Å². The maximum absolute atomic E-state index is 3.82. The van der Waals surface area contributed by atoms with Crippen LogP contribution >= 0.6 is 0 Å². The summed E-state index contributed by atoms with van der Waals surface area (Å²) in [4.78, 5) is 3.82. The van der Waals surface area contributed by atoms with Crippen LogP contribution in [0.3, 0.4) is 0 Å². The molecule has 1 N–H and O–H groups in total. The lowest BCUT2D eigenvalue weighted by molar-refractivity contribution is 0.169. The fourth-order valence-corrected chi connectivity index (χ4v) is 5.17. The Kier molecular flexibility index (Phi) is 3.76. The molecule has 1 aromatic carbocycles. The van der Waals surface area contributed by atoms with Crippen molar-refractivity contribution in [3.63, 3.8) is 0 Å². The van der Waals surface area contributed by atoms with Crippen LogP contribution in [-0.2, 0) is 6.42 Å². The Balaban J connectivity index is 1.74. The number of aryl methyl sites for hydroxylation is 1. The summed E-state index contributed by atoms with van der Waals surface area (Å²) >= 11 is 0. The SMILES string of the molecule is CC1(C2CCCc3c2[nH]c2ccccc32)CCCCCCC1. The van der Waals surface area contributed by atoms with Crippen molar-refractivity contribution in [1.82, 2.24) is 4.98 Å². The molecule has 0 radical (unpaired) electrons. The third-order valence-electron chi connectivity index (χ3n) is 6.45. The largest absolute Gasteiger partial charge is 0.358 e. The van der Waals surface area contributed by atoms with Gasteiger partial charge < -0.3 is 4.98 Å². The second-order valence-corrected chi connectivity index (χ2v) is 7.93. The van der Waals surface area contributed by atoms with Gasteiger partial charge in [0.1, 0.15) is 0 Å². The molecule has 0 saturated heterocycles. The van der Waals surface area contributed by atoms with Gasteiger partial charge in [-0.2, -0.15) is 0 Å². The monoisotopic (exact) mass is 295 g/mol. The predicted molar refractivity (Wildman–Crippen MR) is 94.4 cm³/mol. The molecule has 1 fully saturated rings. The molecule has 0 spiro atoms. The summed E-state index contributed by atoms with van der Waals surface area (Å²) in [6.07, 6.45) is 14.1. The van der Waals surface area contributed by atoms with Gasteiger partial charge in [0.2, 0.25) is 0 Å². The normalized spacial score (nSPS) is 25.4. The van der Waals surface area contributed by atoms with E-state index in [4.69, 9.17) is 0 Å². The highest BCUT2D eigenvalue weighted by molar-refractivity contribution is 5.85. The minimum absolute atomic E-state index is 0.510. The summed E-state index contributed by atoms with van der Waals surface area (Å²) in [6.45, 7) is 2.59. The fraction of sp³-hybridized carbons (Fsp3) is 0.619. The number of benzene rings is 1.